The minimum atomic E-state index is -0.506. The van der Waals surface area contributed by atoms with E-state index >= 15 is 0 Å². The van der Waals surface area contributed by atoms with Gasteiger partial charge in [-0.1, -0.05) is 77.3 Å². The topological polar surface area (TPSA) is 59.9 Å². The van der Waals surface area contributed by atoms with Gasteiger partial charge < -0.3 is 14.9 Å². The maximum Gasteiger partial charge on any atom is 0.408 e. The molecule has 0 aromatic rings. The predicted octanol–water partition coefficient (Wildman–Crippen LogP) is 6.46. The Morgan fingerprint density at radius 1 is 1.00 bits per heavy atom. The monoisotopic (exact) mass is 384 g/mol. The van der Waals surface area contributed by atoms with Crippen molar-refractivity contribution in [2.24, 2.45) is 11.1 Å². The van der Waals surface area contributed by atoms with Crippen molar-refractivity contribution in [3.05, 3.63) is 0 Å². The number of hydrogen-bond donors (Lipinski definition) is 1. The quantitative estimate of drug-likeness (QED) is 0.200. The van der Waals surface area contributed by atoms with E-state index < -0.39 is 11.7 Å². The van der Waals surface area contributed by atoms with Gasteiger partial charge in [0.1, 0.15) is 12.2 Å². The second-order valence-electron chi connectivity index (χ2n) is 8.47. The molecule has 27 heavy (non-hydrogen) atoms. The molecule has 0 saturated heterocycles. The first-order valence-electron chi connectivity index (χ1n) is 10.9. The molecule has 5 nitrogen and oxygen atoms in total. The molecule has 0 radical (unpaired) electrons. The molecule has 2 atom stereocenters. The number of rotatable bonds is 15. The molecule has 0 spiro atoms. The molecule has 0 aliphatic heterocycles. The van der Waals surface area contributed by atoms with E-state index in [2.05, 4.69) is 31.2 Å². The van der Waals surface area contributed by atoms with Crippen LogP contribution in [-0.4, -0.2) is 30.6 Å². The second kappa shape index (κ2) is 15.8. The van der Waals surface area contributed by atoms with Crippen molar-refractivity contribution in [3.63, 3.8) is 0 Å². The largest absolute Gasteiger partial charge is 0.444 e. The average Bonchev–Trinajstić information content (AvgIpc) is 2.59. The number of carbonyl (C=O) groups excluding carboxylic acids is 1. The zero-order valence-corrected chi connectivity index (χ0v) is 18.7. The zero-order valence-electron chi connectivity index (χ0n) is 18.7. The Hall–Kier alpha value is -1.26. The summed E-state index contributed by atoms with van der Waals surface area (Å²) in [7, 11) is 0. The van der Waals surface area contributed by atoms with Crippen molar-refractivity contribution < 1.29 is 14.4 Å². The summed E-state index contributed by atoms with van der Waals surface area (Å²) < 4.78 is 5.32. The highest BCUT2D eigenvalue weighted by Crippen LogP contribution is 2.11. The summed E-state index contributed by atoms with van der Waals surface area (Å²) in [6.07, 6.45) is 13.8. The summed E-state index contributed by atoms with van der Waals surface area (Å²) in [5, 5.41) is 6.94. The first-order valence-corrected chi connectivity index (χ1v) is 10.9. The first kappa shape index (κ1) is 25.7. The molecule has 1 N–H and O–H groups in total. The lowest BCUT2D eigenvalue weighted by Gasteiger charge is -2.24. The van der Waals surface area contributed by atoms with E-state index in [1.165, 1.54) is 51.4 Å². The van der Waals surface area contributed by atoms with Crippen LogP contribution < -0.4 is 5.32 Å². The number of nitrogens with zero attached hydrogens (tertiary/aromatic N) is 1. The van der Waals surface area contributed by atoms with E-state index in [0.717, 1.165) is 12.8 Å². The van der Waals surface area contributed by atoms with Crippen molar-refractivity contribution in [2.75, 3.05) is 6.61 Å². The third kappa shape index (κ3) is 16.6. The molecule has 0 heterocycles. The summed E-state index contributed by atoms with van der Waals surface area (Å²) in [4.78, 5) is 17.4. The highest BCUT2D eigenvalue weighted by atomic mass is 16.6. The average molecular weight is 385 g/mol. The van der Waals surface area contributed by atoms with Crippen molar-refractivity contribution in [2.45, 2.75) is 117 Å². The number of carbonyl (C=O) groups is 1. The van der Waals surface area contributed by atoms with Gasteiger partial charge in [0.05, 0.1) is 12.3 Å². The lowest BCUT2D eigenvalue weighted by molar-refractivity contribution is 0.0506. The number of amides is 1. The van der Waals surface area contributed by atoms with E-state index in [0.29, 0.717) is 6.61 Å². The molecule has 0 aliphatic carbocycles. The summed E-state index contributed by atoms with van der Waals surface area (Å²) in [5.41, 5.74) is -0.506. The SMILES string of the molecule is CCCCCCCCCCCON=C[C@@H](NC(=O)OC(C)(C)C)[C@@H](C)CC. The summed E-state index contributed by atoms with van der Waals surface area (Å²) >= 11 is 0. The lowest BCUT2D eigenvalue weighted by atomic mass is 10.0. The Balaban J connectivity index is 3.93. The van der Waals surface area contributed by atoms with Crippen LogP contribution in [-0.2, 0) is 9.57 Å². The standard InChI is InChI=1S/C22H44N2O3/c1-7-9-10-11-12-13-14-15-16-17-26-23-18-20(19(3)8-2)24-21(25)27-22(4,5)6/h18-20H,7-17H2,1-6H3,(H,24,25)/t19-,20+/m0/s1. The molecule has 0 rings (SSSR count). The van der Waals surface area contributed by atoms with E-state index in [4.69, 9.17) is 9.57 Å². The molecule has 0 aromatic heterocycles. The Morgan fingerprint density at radius 2 is 1.56 bits per heavy atom. The van der Waals surface area contributed by atoms with Gasteiger partial charge in [0.15, 0.2) is 0 Å². The minimum absolute atomic E-state index is 0.187. The number of alkyl carbamates (subject to hydrolysis) is 1. The molecule has 160 valence electrons. The summed E-state index contributed by atoms with van der Waals surface area (Å²) in [6.45, 7) is 12.6. The molecule has 0 saturated carbocycles. The number of hydrogen-bond acceptors (Lipinski definition) is 4. The van der Waals surface area contributed by atoms with Crippen LogP contribution in [0.3, 0.4) is 0 Å². The van der Waals surface area contributed by atoms with Gasteiger partial charge >= 0.3 is 6.09 Å². The van der Waals surface area contributed by atoms with Gasteiger partial charge in [-0.05, 0) is 39.5 Å². The van der Waals surface area contributed by atoms with Crippen LogP contribution in [0.1, 0.15) is 106 Å². The van der Waals surface area contributed by atoms with Gasteiger partial charge in [-0.3, -0.25) is 0 Å². The molecular formula is C22H44N2O3. The summed E-state index contributed by atoms with van der Waals surface area (Å²) in [5.74, 6) is 0.262. The number of nitrogens with one attached hydrogen (secondary N) is 1. The molecule has 0 unspecified atom stereocenters. The minimum Gasteiger partial charge on any atom is -0.444 e. The van der Waals surface area contributed by atoms with Crippen LogP contribution in [0.2, 0.25) is 0 Å². The first-order chi connectivity index (χ1) is 12.8. The summed E-state index contributed by atoms with van der Waals surface area (Å²) in [6, 6.07) is -0.187. The van der Waals surface area contributed by atoms with Crippen LogP contribution in [0, 0.1) is 5.92 Å². The van der Waals surface area contributed by atoms with Crippen LogP contribution in [0.25, 0.3) is 0 Å². The Kier molecular flexibility index (Phi) is 15.0. The highest BCUT2D eigenvalue weighted by Gasteiger charge is 2.21. The van der Waals surface area contributed by atoms with Gasteiger partial charge in [-0.25, -0.2) is 4.79 Å². The second-order valence-corrected chi connectivity index (χ2v) is 8.47. The molecule has 0 fully saturated rings. The fourth-order valence-electron chi connectivity index (χ4n) is 2.66. The van der Waals surface area contributed by atoms with Gasteiger partial charge in [-0.2, -0.15) is 0 Å². The Bertz CT molecular complexity index is 392. The molecule has 5 heteroatoms. The van der Waals surface area contributed by atoms with Crippen molar-refractivity contribution in [1.29, 1.82) is 0 Å². The Morgan fingerprint density at radius 3 is 2.07 bits per heavy atom. The lowest BCUT2D eigenvalue weighted by Crippen LogP contribution is -2.43. The van der Waals surface area contributed by atoms with Gasteiger partial charge in [0.2, 0.25) is 0 Å². The van der Waals surface area contributed by atoms with E-state index in [1.807, 2.05) is 20.8 Å². The normalized spacial score (nSPS) is 14.1. The van der Waals surface area contributed by atoms with E-state index in [-0.39, 0.29) is 12.0 Å². The fourth-order valence-corrected chi connectivity index (χ4v) is 2.66. The van der Waals surface area contributed by atoms with Gasteiger partial charge in [0.25, 0.3) is 0 Å². The molecule has 1 amide bonds. The number of unbranched alkanes of at least 4 members (excludes halogenated alkanes) is 8. The van der Waals surface area contributed by atoms with Crippen LogP contribution in [0.4, 0.5) is 4.79 Å². The van der Waals surface area contributed by atoms with Crippen molar-refractivity contribution in [3.8, 4) is 0 Å². The van der Waals surface area contributed by atoms with Gasteiger partial charge in [0, 0.05) is 0 Å². The van der Waals surface area contributed by atoms with Crippen molar-refractivity contribution >= 4 is 12.3 Å². The molecule has 0 aromatic carbocycles. The maximum atomic E-state index is 12.0. The van der Waals surface area contributed by atoms with Gasteiger partial charge in [-0.15, -0.1) is 0 Å². The Labute approximate surface area is 167 Å². The smallest absolute Gasteiger partial charge is 0.408 e. The molecule has 0 bridgehead atoms. The van der Waals surface area contributed by atoms with Crippen LogP contribution in [0.5, 0.6) is 0 Å². The molecule has 0 aliphatic rings. The third-order valence-corrected chi connectivity index (χ3v) is 4.58. The highest BCUT2D eigenvalue weighted by molar-refractivity contribution is 5.75. The predicted molar refractivity (Wildman–Crippen MR) is 114 cm³/mol. The zero-order chi connectivity index (χ0) is 20.5. The van der Waals surface area contributed by atoms with E-state index in [9.17, 15) is 4.79 Å². The van der Waals surface area contributed by atoms with Crippen LogP contribution >= 0.6 is 0 Å². The third-order valence-electron chi connectivity index (χ3n) is 4.58. The van der Waals surface area contributed by atoms with E-state index in [1.54, 1.807) is 6.21 Å². The van der Waals surface area contributed by atoms with Crippen molar-refractivity contribution in [1.82, 2.24) is 5.32 Å². The van der Waals surface area contributed by atoms with Crippen LogP contribution in [0.15, 0.2) is 5.16 Å². The fraction of sp³-hybridized carbons (Fsp3) is 0.909. The number of oxime groups is 1. The maximum absolute atomic E-state index is 12.0. The molecular weight excluding hydrogens is 340 g/mol. The number of ether oxygens (including phenoxy) is 1.